The number of rotatable bonds is 1. The minimum atomic E-state index is -0.220. The maximum absolute atomic E-state index is 12.4. The monoisotopic (exact) mass is 280 g/mol. The van der Waals surface area contributed by atoms with Crippen molar-refractivity contribution in [1.82, 2.24) is 10.6 Å². The molecule has 20 heavy (non-hydrogen) atoms. The first kappa shape index (κ1) is 16.0. The fraction of sp³-hybridized carbons (Fsp3) is 0.941. The highest BCUT2D eigenvalue weighted by molar-refractivity contribution is 5.89. The fourth-order valence-electron chi connectivity index (χ4n) is 4.23. The summed E-state index contributed by atoms with van der Waals surface area (Å²) in [5.41, 5.74) is -0.220. The third kappa shape index (κ3) is 2.94. The first-order chi connectivity index (χ1) is 9.47. The molecular weight excluding hydrogens is 248 g/mol. The summed E-state index contributed by atoms with van der Waals surface area (Å²) in [4.78, 5) is 12.4. The van der Waals surface area contributed by atoms with Crippen LogP contribution in [0, 0.1) is 17.3 Å². The summed E-state index contributed by atoms with van der Waals surface area (Å²) >= 11 is 0. The van der Waals surface area contributed by atoms with Crippen LogP contribution in [0.15, 0.2) is 0 Å². The quantitative estimate of drug-likeness (QED) is 0.775. The number of nitrogens with one attached hydrogen (secondary N) is 2. The predicted octanol–water partition coefficient (Wildman–Crippen LogP) is 3.09. The average Bonchev–Trinajstić information content (AvgIpc) is 2.96. The molecule has 0 amide bonds. The number of ketones is 1. The van der Waals surface area contributed by atoms with Crippen molar-refractivity contribution in [3.05, 3.63) is 0 Å². The molecule has 5 unspecified atom stereocenters. The van der Waals surface area contributed by atoms with Gasteiger partial charge in [0.15, 0.2) is 5.78 Å². The minimum absolute atomic E-state index is 0.0791. The molecule has 0 bridgehead atoms. The maximum Gasteiger partial charge on any atom is 0.155 e. The van der Waals surface area contributed by atoms with Gasteiger partial charge in [0.2, 0.25) is 0 Å². The van der Waals surface area contributed by atoms with E-state index in [-0.39, 0.29) is 11.5 Å². The van der Waals surface area contributed by atoms with Gasteiger partial charge in [-0.1, -0.05) is 47.5 Å². The van der Waals surface area contributed by atoms with Crippen molar-refractivity contribution in [2.75, 3.05) is 0 Å². The van der Waals surface area contributed by atoms with Gasteiger partial charge in [0.05, 0.1) is 12.2 Å². The third-order valence-corrected chi connectivity index (χ3v) is 5.14. The van der Waals surface area contributed by atoms with Gasteiger partial charge in [-0.15, -0.1) is 0 Å². The van der Waals surface area contributed by atoms with Crippen molar-refractivity contribution in [1.29, 1.82) is 0 Å². The molecule has 0 radical (unpaired) electrons. The second-order valence-electron chi connectivity index (χ2n) is 7.43. The van der Waals surface area contributed by atoms with E-state index in [4.69, 9.17) is 0 Å². The smallest absolute Gasteiger partial charge is 0.155 e. The summed E-state index contributed by atoms with van der Waals surface area (Å²) in [6.45, 7) is 10.1. The number of hydrogen-bond donors (Lipinski definition) is 2. The molecule has 0 aromatic heterocycles. The van der Waals surface area contributed by atoms with Gasteiger partial charge in [-0.25, -0.2) is 0 Å². The molecule has 3 fully saturated rings. The van der Waals surface area contributed by atoms with Crippen LogP contribution in [-0.2, 0) is 4.79 Å². The predicted molar refractivity (Wildman–Crippen MR) is 83.5 cm³/mol. The molecule has 0 aromatic rings. The molecule has 2 heterocycles. The molecule has 3 aliphatic rings. The minimum Gasteiger partial charge on any atom is -0.299 e. The average molecular weight is 280 g/mol. The summed E-state index contributed by atoms with van der Waals surface area (Å²) < 4.78 is 0. The lowest BCUT2D eigenvalue weighted by atomic mass is 9.77. The molecule has 2 aliphatic heterocycles. The SMILES string of the molecule is CC.CC(C)(C)C(=O)C1CC2C(N1)NC1CCCCC12. The molecule has 3 heteroatoms. The Morgan fingerprint density at radius 2 is 1.65 bits per heavy atom. The lowest BCUT2D eigenvalue weighted by Gasteiger charge is -2.29. The first-order valence-corrected chi connectivity index (χ1v) is 8.53. The number of hydrogen-bond acceptors (Lipinski definition) is 3. The van der Waals surface area contributed by atoms with Gasteiger partial charge in [0.1, 0.15) is 0 Å². The maximum atomic E-state index is 12.4. The molecule has 1 saturated carbocycles. The van der Waals surface area contributed by atoms with Gasteiger partial charge < -0.3 is 0 Å². The van der Waals surface area contributed by atoms with Crippen LogP contribution in [0.5, 0.6) is 0 Å². The van der Waals surface area contributed by atoms with E-state index in [1.165, 1.54) is 25.7 Å². The van der Waals surface area contributed by atoms with E-state index in [1.54, 1.807) is 0 Å². The highest BCUT2D eigenvalue weighted by atomic mass is 16.1. The summed E-state index contributed by atoms with van der Waals surface area (Å²) in [7, 11) is 0. The van der Waals surface area contributed by atoms with Crippen LogP contribution in [0.2, 0.25) is 0 Å². The van der Waals surface area contributed by atoms with Gasteiger partial charge in [-0.2, -0.15) is 0 Å². The van der Waals surface area contributed by atoms with E-state index in [0.29, 0.717) is 23.9 Å². The Morgan fingerprint density at radius 1 is 1.00 bits per heavy atom. The van der Waals surface area contributed by atoms with Crippen LogP contribution in [0.25, 0.3) is 0 Å². The van der Waals surface area contributed by atoms with E-state index >= 15 is 0 Å². The zero-order valence-electron chi connectivity index (χ0n) is 13.8. The Kier molecular flexibility index (Phi) is 4.91. The molecule has 3 nitrogen and oxygen atoms in total. The van der Waals surface area contributed by atoms with Crippen molar-refractivity contribution < 1.29 is 4.79 Å². The number of fused-ring (bicyclic) bond motifs is 3. The second kappa shape index (κ2) is 6.15. The first-order valence-electron chi connectivity index (χ1n) is 8.53. The number of carbonyl (C=O) groups is 1. The summed E-state index contributed by atoms with van der Waals surface area (Å²) in [5.74, 6) is 1.88. The third-order valence-electron chi connectivity index (χ3n) is 5.14. The Labute approximate surface area is 124 Å². The van der Waals surface area contributed by atoms with E-state index in [9.17, 15) is 4.79 Å². The standard InChI is InChI=1S/C15H26N2O.C2H6/c1-15(2,3)13(18)12-8-10-9-6-4-5-7-11(9)16-14(10)17-12;1-2/h9-12,14,16-17H,4-8H2,1-3H3;1-2H3. The van der Waals surface area contributed by atoms with Gasteiger partial charge in [0, 0.05) is 11.5 Å². The number of Topliss-reactive ketones (excluding diaryl/α,β-unsaturated/α-hetero) is 1. The molecule has 0 spiro atoms. The zero-order chi connectivity index (χ0) is 14.9. The Hall–Kier alpha value is -0.410. The van der Waals surface area contributed by atoms with Crippen LogP contribution >= 0.6 is 0 Å². The Bertz CT molecular complexity index is 347. The molecular formula is C17H32N2O. The normalized spacial score (nSPS) is 39.5. The van der Waals surface area contributed by atoms with E-state index in [2.05, 4.69) is 10.6 Å². The lowest BCUT2D eigenvalue weighted by Crippen LogP contribution is -2.47. The highest BCUT2D eigenvalue weighted by Gasteiger charge is 2.50. The molecule has 5 atom stereocenters. The summed E-state index contributed by atoms with van der Waals surface area (Å²) in [5, 5.41) is 7.28. The molecule has 2 N–H and O–H groups in total. The van der Waals surface area contributed by atoms with Crippen LogP contribution in [0.4, 0.5) is 0 Å². The number of carbonyl (C=O) groups excluding carboxylic acids is 1. The molecule has 1 aliphatic carbocycles. The van der Waals surface area contributed by atoms with Crippen molar-refractivity contribution in [2.45, 2.75) is 85.0 Å². The van der Waals surface area contributed by atoms with Gasteiger partial charge in [-0.3, -0.25) is 15.4 Å². The van der Waals surface area contributed by atoms with Crippen LogP contribution < -0.4 is 10.6 Å². The molecule has 3 rings (SSSR count). The Balaban J connectivity index is 0.000000704. The topological polar surface area (TPSA) is 41.1 Å². The molecule has 0 aromatic carbocycles. The van der Waals surface area contributed by atoms with Crippen molar-refractivity contribution in [3.63, 3.8) is 0 Å². The zero-order valence-corrected chi connectivity index (χ0v) is 13.8. The van der Waals surface area contributed by atoms with E-state index in [1.807, 2.05) is 34.6 Å². The fourth-order valence-corrected chi connectivity index (χ4v) is 4.23. The summed E-state index contributed by atoms with van der Waals surface area (Å²) in [6.07, 6.45) is 6.89. The van der Waals surface area contributed by atoms with Gasteiger partial charge >= 0.3 is 0 Å². The van der Waals surface area contributed by atoms with Crippen molar-refractivity contribution in [3.8, 4) is 0 Å². The largest absolute Gasteiger partial charge is 0.299 e. The molecule has 116 valence electrons. The van der Waals surface area contributed by atoms with Crippen molar-refractivity contribution in [2.24, 2.45) is 17.3 Å². The van der Waals surface area contributed by atoms with Crippen LogP contribution in [-0.4, -0.2) is 24.0 Å². The Morgan fingerprint density at radius 3 is 2.30 bits per heavy atom. The van der Waals surface area contributed by atoms with Crippen LogP contribution in [0.3, 0.4) is 0 Å². The van der Waals surface area contributed by atoms with Crippen molar-refractivity contribution >= 4 is 5.78 Å². The van der Waals surface area contributed by atoms with Gasteiger partial charge in [-0.05, 0) is 31.1 Å². The van der Waals surface area contributed by atoms with Gasteiger partial charge in [0.25, 0.3) is 0 Å². The highest BCUT2D eigenvalue weighted by Crippen LogP contribution is 2.42. The molecule has 2 saturated heterocycles. The summed E-state index contributed by atoms with van der Waals surface area (Å²) in [6, 6.07) is 0.794. The van der Waals surface area contributed by atoms with Crippen LogP contribution in [0.1, 0.15) is 66.7 Å². The lowest BCUT2D eigenvalue weighted by molar-refractivity contribution is -0.128. The van der Waals surface area contributed by atoms with E-state index < -0.39 is 0 Å². The van der Waals surface area contributed by atoms with E-state index in [0.717, 1.165) is 12.3 Å². The second-order valence-corrected chi connectivity index (χ2v) is 7.43.